The van der Waals surface area contributed by atoms with Crippen LogP contribution < -0.4 is 5.32 Å². The maximum Gasteiger partial charge on any atom is 0.118 e. The topological polar surface area (TPSA) is 33.6 Å². The molecule has 0 spiro atoms. The number of nitrogens with one attached hydrogen (secondary N) is 1. The first kappa shape index (κ1) is 16.3. The van der Waals surface area contributed by atoms with Crippen LogP contribution in [0.2, 0.25) is 0 Å². The van der Waals surface area contributed by atoms with Gasteiger partial charge in [0.25, 0.3) is 0 Å². The molecule has 0 amide bonds. The molecular weight excluding hydrogens is 284 g/mol. The Kier molecular flexibility index (Phi) is 5.87. The van der Waals surface area contributed by atoms with Crippen LogP contribution in [0.1, 0.15) is 51.0 Å². The molecule has 2 aliphatic rings. The highest BCUT2D eigenvalue weighted by molar-refractivity contribution is 6.05. The molecule has 3 rings (SSSR count). The number of hydrogen-bond donors (Lipinski definition) is 1. The first-order valence-electron chi connectivity index (χ1n) is 9.02. The van der Waals surface area contributed by atoms with E-state index in [0.717, 1.165) is 25.1 Å². The van der Waals surface area contributed by atoms with E-state index in [1.807, 2.05) is 0 Å². The van der Waals surface area contributed by atoms with Crippen LogP contribution in [-0.4, -0.2) is 24.9 Å². The third kappa shape index (κ3) is 4.68. The molecular formula is C20H28N2O. The van der Waals surface area contributed by atoms with E-state index in [4.69, 9.17) is 4.84 Å². The van der Waals surface area contributed by atoms with Gasteiger partial charge in [0, 0.05) is 12.0 Å². The molecule has 3 nitrogen and oxygen atoms in total. The van der Waals surface area contributed by atoms with E-state index in [1.165, 1.54) is 36.8 Å². The van der Waals surface area contributed by atoms with E-state index in [-0.39, 0.29) is 0 Å². The van der Waals surface area contributed by atoms with Gasteiger partial charge in [-0.1, -0.05) is 42.4 Å². The predicted molar refractivity (Wildman–Crippen MR) is 96.5 cm³/mol. The summed E-state index contributed by atoms with van der Waals surface area (Å²) >= 11 is 0. The monoisotopic (exact) mass is 312 g/mol. The lowest BCUT2D eigenvalue weighted by molar-refractivity contribution is 0.133. The van der Waals surface area contributed by atoms with Gasteiger partial charge >= 0.3 is 0 Å². The van der Waals surface area contributed by atoms with Crippen molar-refractivity contribution < 1.29 is 4.84 Å². The van der Waals surface area contributed by atoms with Crippen LogP contribution in [0.4, 0.5) is 0 Å². The smallest absolute Gasteiger partial charge is 0.118 e. The summed E-state index contributed by atoms with van der Waals surface area (Å²) in [6.07, 6.45) is 9.45. The number of allylic oxidation sites excluding steroid dienone is 1. The van der Waals surface area contributed by atoms with E-state index < -0.39 is 0 Å². The summed E-state index contributed by atoms with van der Waals surface area (Å²) < 4.78 is 0. The maximum absolute atomic E-state index is 5.68. The van der Waals surface area contributed by atoms with Crippen LogP contribution >= 0.6 is 0 Å². The molecule has 3 heteroatoms. The Bertz CT molecular complexity index is 544. The van der Waals surface area contributed by atoms with Gasteiger partial charge in [-0.25, -0.2) is 0 Å². The Morgan fingerprint density at radius 3 is 2.87 bits per heavy atom. The summed E-state index contributed by atoms with van der Waals surface area (Å²) in [4.78, 5) is 5.68. The summed E-state index contributed by atoms with van der Waals surface area (Å²) in [5, 5.41) is 8.03. The van der Waals surface area contributed by atoms with Crippen LogP contribution in [0.25, 0.3) is 6.08 Å². The Hall–Kier alpha value is -1.61. The number of rotatable bonds is 5. The summed E-state index contributed by atoms with van der Waals surface area (Å²) in [7, 11) is 0. The van der Waals surface area contributed by atoms with E-state index >= 15 is 0 Å². The molecule has 0 unspecified atom stereocenters. The van der Waals surface area contributed by atoms with Crippen LogP contribution in [0, 0.1) is 5.92 Å². The molecule has 1 heterocycles. The molecule has 0 aromatic heterocycles. The molecule has 0 radical (unpaired) electrons. The molecule has 1 aromatic carbocycles. The summed E-state index contributed by atoms with van der Waals surface area (Å²) in [6.45, 7) is 4.13. The minimum Gasteiger partial charge on any atom is -0.396 e. The molecule has 124 valence electrons. The highest BCUT2D eigenvalue weighted by Gasteiger charge is 2.22. The van der Waals surface area contributed by atoms with E-state index in [0.29, 0.717) is 18.6 Å². The standard InChI is InChI=1S/C20H28N2O/c1-16-7-5-10-18(15-17-8-3-2-4-9-17)20(16)22-23-14-12-19-11-6-13-21-19/h2-4,8-9,15-16,19,21H,5-7,10-14H2,1H3/b18-15+,22-20+/t16-,19+/m0/s1. The molecule has 1 aromatic rings. The normalized spacial score (nSPS) is 28.4. The van der Waals surface area contributed by atoms with Gasteiger partial charge in [-0.2, -0.15) is 0 Å². The van der Waals surface area contributed by atoms with Crippen molar-refractivity contribution in [2.75, 3.05) is 13.2 Å². The summed E-state index contributed by atoms with van der Waals surface area (Å²) in [6, 6.07) is 11.1. The van der Waals surface area contributed by atoms with Gasteiger partial charge < -0.3 is 10.2 Å². The zero-order chi connectivity index (χ0) is 15.9. The number of oxime groups is 1. The minimum absolute atomic E-state index is 0.489. The average Bonchev–Trinajstić information content (AvgIpc) is 3.08. The first-order chi connectivity index (χ1) is 11.3. The summed E-state index contributed by atoms with van der Waals surface area (Å²) in [5.41, 5.74) is 3.74. The second-order valence-electron chi connectivity index (χ2n) is 6.77. The predicted octanol–water partition coefficient (Wildman–Crippen LogP) is 4.40. The van der Waals surface area contributed by atoms with Gasteiger partial charge in [0.2, 0.25) is 0 Å². The summed E-state index contributed by atoms with van der Waals surface area (Å²) in [5.74, 6) is 0.489. The van der Waals surface area contributed by atoms with Crippen molar-refractivity contribution in [1.82, 2.24) is 5.32 Å². The molecule has 0 bridgehead atoms. The van der Waals surface area contributed by atoms with Crippen molar-refractivity contribution >= 4 is 11.8 Å². The fourth-order valence-corrected chi connectivity index (χ4v) is 3.54. The van der Waals surface area contributed by atoms with Gasteiger partial charge in [0.1, 0.15) is 6.61 Å². The Morgan fingerprint density at radius 1 is 1.22 bits per heavy atom. The van der Waals surface area contributed by atoms with Crippen LogP contribution in [0.3, 0.4) is 0 Å². The van der Waals surface area contributed by atoms with Gasteiger partial charge in [0.15, 0.2) is 0 Å². The van der Waals surface area contributed by atoms with Crippen molar-refractivity contribution in [3.8, 4) is 0 Å². The minimum atomic E-state index is 0.489. The van der Waals surface area contributed by atoms with Gasteiger partial charge in [-0.15, -0.1) is 0 Å². The molecule has 1 saturated carbocycles. The molecule has 1 aliphatic carbocycles. The molecule has 23 heavy (non-hydrogen) atoms. The zero-order valence-corrected chi connectivity index (χ0v) is 14.1. The second kappa shape index (κ2) is 8.30. The van der Waals surface area contributed by atoms with E-state index in [9.17, 15) is 0 Å². The van der Waals surface area contributed by atoms with Crippen molar-refractivity contribution in [3.05, 3.63) is 41.5 Å². The SMILES string of the molecule is C[C@H]1CCCC(=C\c2ccccc2)/C1=N/OCC[C@H]1CCCN1. The van der Waals surface area contributed by atoms with Crippen LogP contribution in [0.5, 0.6) is 0 Å². The largest absolute Gasteiger partial charge is 0.396 e. The fraction of sp³-hybridized carbons (Fsp3) is 0.550. The zero-order valence-electron chi connectivity index (χ0n) is 14.1. The van der Waals surface area contributed by atoms with Crippen molar-refractivity contribution in [2.45, 2.75) is 51.5 Å². The lowest BCUT2D eigenvalue weighted by Gasteiger charge is -2.23. The third-order valence-corrected chi connectivity index (χ3v) is 4.90. The van der Waals surface area contributed by atoms with Crippen LogP contribution in [0.15, 0.2) is 41.1 Å². The lowest BCUT2D eigenvalue weighted by Crippen LogP contribution is -2.23. The highest BCUT2D eigenvalue weighted by Crippen LogP contribution is 2.28. The molecule has 1 N–H and O–H groups in total. The van der Waals surface area contributed by atoms with Gasteiger partial charge in [0.05, 0.1) is 5.71 Å². The quantitative estimate of drug-likeness (QED) is 0.645. The maximum atomic E-state index is 5.68. The Morgan fingerprint density at radius 2 is 2.09 bits per heavy atom. The number of benzene rings is 1. The number of hydrogen-bond acceptors (Lipinski definition) is 3. The Labute approximate surface area is 139 Å². The Balaban J connectivity index is 1.63. The van der Waals surface area contributed by atoms with E-state index in [2.05, 4.69) is 53.8 Å². The second-order valence-corrected chi connectivity index (χ2v) is 6.77. The van der Waals surface area contributed by atoms with Crippen LogP contribution in [-0.2, 0) is 4.84 Å². The van der Waals surface area contributed by atoms with E-state index in [1.54, 1.807) is 0 Å². The average molecular weight is 312 g/mol. The van der Waals surface area contributed by atoms with Crippen molar-refractivity contribution in [1.29, 1.82) is 0 Å². The third-order valence-electron chi connectivity index (χ3n) is 4.90. The number of nitrogens with zero attached hydrogens (tertiary/aromatic N) is 1. The lowest BCUT2D eigenvalue weighted by atomic mass is 9.84. The molecule has 2 fully saturated rings. The molecule has 1 aliphatic heterocycles. The molecule has 2 atom stereocenters. The van der Waals surface area contributed by atoms with Crippen molar-refractivity contribution in [3.63, 3.8) is 0 Å². The first-order valence-corrected chi connectivity index (χ1v) is 9.02. The van der Waals surface area contributed by atoms with Gasteiger partial charge in [-0.3, -0.25) is 0 Å². The highest BCUT2D eigenvalue weighted by atomic mass is 16.6. The fourth-order valence-electron chi connectivity index (χ4n) is 3.54. The molecule has 1 saturated heterocycles. The van der Waals surface area contributed by atoms with Crippen molar-refractivity contribution in [2.24, 2.45) is 11.1 Å². The van der Waals surface area contributed by atoms with Gasteiger partial charge in [-0.05, 0) is 62.3 Å².